The molecule has 1 aromatic heterocycles. The Morgan fingerprint density at radius 3 is 2.32 bits per heavy atom. The van der Waals surface area contributed by atoms with Crippen LogP contribution in [0, 0.1) is 6.92 Å². The molecule has 6 aromatic rings. The van der Waals surface area contributed by atoms with Crippen molar-refractivity contribution in [1.82, 2.24) is 9.97 Å². The Bertz CT molecular complexity index is 2580. The maximum atomic E-state index is 6.45. The quantitative estimate of drug-likeness (QED) is 0.164. The average Bonchev–Trinajstić information content (AvgIpc) is 3.55. The molecule has 56 heavy (non-hydrogen) atoms. The molecule has 1 aliphatic heterocycles. The Morgan fingerprint density at radius 1 is 0.714 bits per heavy atom. The van der Waals surface area contributed by atoms with E-state index in [1.165, 1.54) is 50.1 Å². The molecule has 3 heteroatoms. The molecule has 0 saturated carbocycles. The van der Waals surface area contributed by atoms with Gasteiger partial charge in [-0.05, 0) is 102 Å². The van der Waals surface area contributed by atoms with Crippen LogP contribution in [0.4, 0.5) is 0 Å². The summed E-state index contributed by atoms with van der Waals surface area (Å²) in [4.78, 5) is 10.8. The maximum absolute atomic E-state index is 6.45. The van der Waals surface area contributed by atoms with Crippen LogP contribution in [0.2, 0.25) is 0 Å². The van der Waals surface area contributed by atoms with E-state index < -0.39 is 0 Å². The topological polar surface area (TPSA) is 35.0 Å². The van der Waals surface area contributed by atoms with Crippen LogP contribution in [0.1, 0.15) is 89.6 Å². The average molecular weight is 727 g/mol. The van der Waals surface area contributed by atoms with Crippen molar-refractivity contribution in [3.63, 3.8) is 0 Å². The van der Waals surface area contributed by atoms with Gasteiger partial charge in [0.1, 0.15) is 17.7 Å². The minimum atomic E-state index is -0.00584. The Labute approximate surface area is 330 Å². The van der Waals surface area contributed by atoms with Gasteiger partial charge < -0.3 is 4.74 Å². The Hall–Kier alpha value is -6.06. The summed E-state index contributed by atoms with van der Waals surface area (Å²) in [6.07, 6.45) is 18.7. The molecule has 2 heterocycles. The van der Waals surface area contributed by atoms with E-state index >= 15 is 0 Å². The first-order valence-electron chi connectivity index (χ1n) is 20.4. The SMILES string of the molecule is CCC(c1nc(-c2ccccc2)cc(-c2ccc3c(c2)OC2C=CC=CC32)n1)c1ccccc1-c1cc2c(cc1C)C1=C(CCC=C1)C(c1ccccc1)CC2. The number of aromatic nitrogens is 2. The number of hydrogen-bond acceptors (Lipinski definition) is 3. The fraction of sp³-hybridized carbons (Fsp3) is 0.208. The largest absolute Gasteiger partial charge is 0.485 e. The smallest absolute Gasteiger partial charge is 0.137 e. The molecule has 274 valence electrons. The molecular formula is C53H46N2O. The normalized spacial score (nSPS) is 19.7. The van der Waals surface area contributed by atoms with Crippen molar-refractivity contribution in [1.29, 1.82) is 0 Å². The summed E-state index contributed by atoms with van der Waals surface area (Å²) in [5.74, 6) is 2.48. The third kappa shape index (κ3) is 6.16. The van der Waals surface area contributed by atoms with Gasteiger partial charge in [-0.3, -0.25) is 0 Å². The standard InChI is InChI=1S/C53H46N2O/c1-3-39(53-54-49(36-18-8-5-9-19-36)33-50(55-53)38-27-29-46-45-24-14-15-25-51(45)56-52(46)32-38)41-20-10-12-22-43(41)47-31-37-26-28-40(35-16-6-4-7-17-35)42-21-11-13-23-44(42)48(37)30-34(47)2/h4-10,12-20,22-25,27,29-33,39-40,45,51H,3,11,21,26,28H2,1-2H3. The van der Waals surface area contributed by atoms with Crippen molar-refractivity contribution in [3.8, 4) is 39.4 Å². The van der Waals surface area contributed by atoms with Crippen molar-refractivity contribution in [2.45, 2.75) is 69.8 Å². The van der Waals surface area contributed by atoms with Gasteiger partial charge in [0.15, 0.2) is 0 Å². The van der Waals surface area contributed by atoms with Gasteiger partial charge in [-0.15, -0.1) is 0 Å². The highest BCUT2D eigenvalue weighted by atomic mass is 16.5. The molecule has 3 aliphatic carbocycles. The molecule has 0 fully saturated rings. The van der Waals surface area contributed by atoms with Gasteiger partial charge in [-0.25, -0.2) is 9.97 Å². The summed E-state index contributed by atoms with van der Waals surface area (Å²) in [6.45, 7) is 4.56. The van der Waals surface area contributed by atoms with Crippen LogP contribution in [-0.4, -0.2) is 16.1 Å². The highest BCUT2D eigenvalue weighted by Gasteiger charge is 2.33. The molecule has 0 bridgehead atoms. The number of allylic oxidation sites excluding steroid dienone is 6. The molecule has 4 atom stereocenters. The van der Waals surface area contributed by atoms with E-state index in [2.05, 4.69) is 172 Å². The van der Waals surface area contributed by atoms with Crippen LogP contribution in [-0.2, 0) is 6.42 Å². The molecule has 10 rings (SSSR count). The van der Waals surface area contributed by atoms with Crippen molar-refractivity contribution in [2.75, 3.05) is 0 Å². The van der Waals surface area contributed by atoms with Crippen LogP contribution < -0.4 is 4.74 Å². The number of hydrogen-bond donors (Lipinski definition) is 0. The second-order valence-corrected chi connectivity index (χ2v) is 15.7. The van der Waals surface area contributed by atoms with E-state index in [4.69, 9.17) is 14.7 Å². The van der Waals surface area contributed by atoms with Crippen molar-refractivity contribution < 1.29 is 4.74 Å². The molecule has 5 aromatic carbocycles. The summed E-state index contributed by atoms with van der Waals surface area (Å²) in [7, 11) is 0. The van der Waals surface area contributed by atoms with E-state index in [1.807, 2.05) is 0 Å². The first-order chi connectivity index (χ1) is 27.6. The third-order valence-electron chi connectivity index (χ3n) is 12.5. The molecule has 0 saturated heterocycles. The Kier molecular flexibility index (Phi) is 8.94. The minimum Gasteiger partial charge on any atom is -0.485 e. The van der Waals surface area contributed by atoms with Gasteiger partial charge in [0.2, 0.25) is 0 Å². The lowest BCUT2D eigenvalue weighted by molar-refractivity contribution is 0.269. The fourth-order valence-electron chi connectivity index (χ4n) is 9.65. The lowest BCUT2D eigenvalue weighted by atomic mass is 9.81. The number of benzene rings is 5. The van der Waals surface area contributed by atoms with Gasteiger partial charge >= 0.3 is 0 Å². The summed E-state index contributed by atoms with van der Waals surface area (Å²) in [5.41, 5.74) is 17.7. The van der Waals surface area contributed by atoms with Crippen LogP contribution in [0.5, 0.6) is 5.75 Å². The van der Waals surface area contributed by atoms with Crippen LogP contribution in [0.3, 0.4) is 0 Å². The van der Waals surface area contributed by atoms with E-state index in [1.54, 1.807) is 5.57 Å². The zero-order valence-corrected chi connectivity index (χ0v) is 32.2. The van der Waals surface area contributed by atoms with E-state index in [0.717, 1.165) is 66.2 Å². The monoisotopic (exact) mass is 726 g/mol. The lowest BCUT2D eigenvalue weighted by Gasteiger charge is -2.24. The predicted molar refractivity (Wildman–Crippen MR) is 230 cm³/mol. The highest BCUT2D eigenvalue weighted by Crippen LogP contribution is 2.47. The fourth-order valence-corrected chi connectivity index (χ4v) is 9.65. The van der Waals surface area contributed by atoms with Gasteiger partial charge in [0.25, 0.3) is 0 Å². The summed E-state index contributed by atoms with van der Waals surface area (Å²) in [6, 6.07) is 44.4. The van der Waals surface area contributed by atoms with E-state index in [0.29, 0.717) is 5.92 Å². The number of rotatable bonds is 7. The number of aryl methyl sites for hydroxylation is 2. The van der Waals surface area contributed by atoms with Crippen LogP contribution in [0.15, 0.2) is 163 Å². The molecule has 4 aliphatic rings. The second kappa shape index (κ2) is 14.5. The first kappa shape index (κ1) is 34.4. The Morgan fingerprint density at radius 2 is 1.48 bits per heavy atom. The zero-order chi connectivity index (χ0) is 37.6. The lowest BCUT2D eigenvalue weighted by Crippen LogP contribution is -2.15. The molecule has 0 radical (unpaired) electrons. The first-order valence-corrected chi connectivity index (χ1v) is 20.4. The molecular weight excluding hydrogens is 681 g/mol. The van der Waals surface area contributed by atoms with Crippen molar-refractivity contribution >= 4 is 5.57 Å². The third-order valence-corrected chi connectivity index (χ3v) is 12.5. The van der Waals surface area contributed by atoms with Gasteiger partial charge in [-0.1, -0.05) is 152 Å². The van der Waals surface area contributed by atoms with Gasteiger partial charge in [-0.2, -0.15) is 0 Å². The zero-order valence-electron chi connectivity index (χ0n) is 32.2. The molecule has 3 nitrogen and oxygen atoms in total. The number of ether oxygens (including phenoxy) is 1. The summed E-state index contributed by atoms with van der Waals surface area (Å²) >= 11 is 0. The van der Waals surface area contributed by atoms with Crippen LogP contribution >= 0.6 is 0 Å². The number of fused-ring (bicyclic) bond motifs is 5. The molecule has 4 unspecified atom stereocenters. The predicted octanol–water partition coefficient (Wildman–Crippen LogP) is 13.1. The van der Waals surface area contributed by atoms with E-state index in [9.17, 15) is 0 Å². The highest BCUT2D eigenvalue weighted by molar-refractivity contribution is 5.85. The summed E-state index contributed by atoms with van der Waals surface area (Å²) < 4.78 is 6.45. The molecule has 0 spiro atoms. The summed E-state index contributed by atoms with van der Waals surface area (Å²) in [5, 5.41) is 0. The molecule has 0 amide bonds. The maximum Gasteiger partial charge on any atom is 0.137 e. The van der Waals surface area contributed by atoms with Crippen molar-refractivity contribution in [3.05, 3.63) is 203 Å². The number of nitrogens with zero attached hydrogens (tertiary/aromatic N) is 2. The van der Waals surface area contributed by atoms with E-state index in [-0.39, 0.29) is 17.9 Å². The Balaban J connectivity index is 1.06. The second-order valence-electron chi connectivity index (χ2n) is 15.7. The minimum absolute atomic E-state index is 0.00584. The van der Waals surface area contributed by atoms with Crippen LogP contribution in [0.25, 0.3) is 39.2 Å². The van der Waals surface area contributed by atoms with Gasteiger partial charge in [0.05, 0.1) is 11.4 Å². The molecule has 0 N–H and O–H groups in total. The van der Waals surface area contributed by atoms with Crippen molar-refractivity contribution in [2.24, 2.45) is 0 Å². The van der Waals surface area contributed by atoms with Gasteiger partial charge in [0, 0.05) is 34.4 Å².